The lowest BCUT2D eigenvalue weighted by Crippen LogP contribution is -2.25. The van der Waals surface area contributed by atoms with Gasteiger partial charge in [0.25, 0.3) is 0 Å². The lowest BCUT2D eigenvalue weighted by molar-refractivity contribution is -0.144. The molecule has 0 saturated heterocycles. The van der Waals surface area contributed by atoms with Gasteiger partial charge in [0.15, 0.2) is 0 Å². The van der Waals surface area contributed by atoms with Gasteiger partial charge in [0, 0.05) is 26.2 Å². The molecule has 21 heavy (non-hydrogen) atoms. The van der Waals surface area contributed by atoms with Crippen LogP contribution in [0, 0.1) is 0 Å². The zero-order valence-corrected chi connectivity index (χ0v) is 13.7. The molecule has 0 amide bonds. The largest absolute Gasteiger partial charge is 0.464 e. The topological polar surface area (TPSA) is 71.1 Å². The van der Waals surface area contributed by atoms with Gasteiger partial charge in [-0.25, -0.2) is 0 Å². The van der Waals surface area contributed by atoms with Crippen LogP contribution >= 0.6 is 0 Å². The van der Waals surface area contributed by atoms with E-state index in [1.165, 1.54) is 0 Å². The molecule has 0 fully saturated rings. The van der Waals surface area contributed by atoms with Crippen molar-refractivity contribution in [1.82, 2.24) is 15.1 Å². The highest BCUT2D eigenvalue weighted by atomic mass is 16.5. The summed E-state index contributed by atoms with van der Waals surface area (Å²) < 4.78 is 10.1. The third kappa shape index (κ3) is 15.0. The van der Waals surface area contributed by atoms with Crippen molar-refractivity contribution in [3.8, 4) is 0 Å². The van der Waals surface area contributed by atoms with Crippen molar-refractivity contribution in [3.05, 3.63) is 0 Å². The first kappa shape index (κ1) is 19.8. The number of nitrogens with zero attached hydrogens (tertiary/aromatic N) is 2. The smallest absolute Gasteiger partial charge is 0.307 e. The van der Waals surface area contributed by atoms with Crippen LogP contribution in [0.1, 0.15) is 12.8 Å². The van der Waals surface area contributed by atoms with Gasteiger partial charge in [0.05, 0.1) is 12.8 Å². The van der Waals surface area contributed by atoms with Gasteiger partial charge in [0.2, 0.25) is 0 Å². The summed E-state index contributed by atoms with van der Waals surface area (Å²) in [5.74, 6) is -0.448. The molecular weight excluding hydrogens is 274 g/mol. The zero-order valence-electron chi connectivity index (χ0n) is 13.7. The number of carbonyl (C=O) groups excluding carboxylic acids is 2. The molecule has 0 saturated carbocycles. The van der Waals surface area contributed by atoms with E-state index in [0.29, 0.717) is 39.1 Å². The van der Waals surface area contributed by atoms with Crippen LogP contribution < -0.4 is 5.32 Å². The van der Waals surface area contributed by atoms with Gasteiger partial charge < -0.3 is 24.6 Å². The summed E-state index contributed by atoms with van der Waals surface area (Å²) in [6.07, 6.45) is 0.617. The molecule has 7 nitrogen and oxygen atoms in total. The summed E-state index contributed by atoms with van der Waals surface area (Å²) in [7, 11) is 7.69. The minimum absolute atomic E-state index is 0.224. The highest BCUT2D eigenvalue weighted by Gasteiger charge is 2.05. The second kappa shape index (κ2) is 12.6. The Morgan fingerprint density at radius 3 is 1.52 bits per heavy atom. The predicted octanol–water partition coefficient (Wildman–Crippen LogP) is -0.434. The van der Waals surface area contributed by atoms with E-state index in [1.807, 2.05) is 38.0 Å². The van der Waals surface area contributed by atoms with E-state index in [4.69, 9.17) is 9.47 Å². The van der Waals surface area contributed by atoms with E-state index in [2.05, 4.69) is 5.32 Å². The maximum atomic E-state index is 11.3. The number of hydrogen-bond acceptors (Lipinski definition) is 7. The van der Waals surface area contributed by atoms with Crippen LogP contribution in [0.5, 0.6) is 0 Å². The summed E-state index contributed by atoms with van der Waals surface area (Å²) >= 11 is 0. The first-order valence-electron chi connectivity index (χ1n) is 7.23. The third-order valence-corrected chi connectivity index (χ3v) is 2.61. The fraction of sp³-hybridized carbons (Fsp3) is 0.857. The van der Waals surface area contributed by atoms with Crippen LogP contribution in [0.4, 0.5) is 0 Å². The predicted molar refractivity (Wildman–Crippen MR) is 81.1 cm³/mol. The molecule has 124 valence electrons. The standard InChI is InChI=1S/C14H29N3O4/c1-16(2)9-11-20-13(18)5-7-15-8-6-14(19)21-12-10-17(3)4/h15H,5-12H2,1-4H3. The Morgan fingerprint density at radius 2 is 1.19 bits per heavy atom. The molecule has 0 rings (SSSR count). The summed E-state index contributed by atoms with van der Waals surface area (Å²) in [5, 5.41) is 3.02. The van der Waals surface area contributed by atoms with Crippen LogP contribution in [0.3, 0.4) is 0 Å². The molecule has 0 aromatic heterocycles. The number of esters is 2. The molecule has 0 aliphatic rings. The average Bonchev–Trinajstić information content (AvgIpc) is 2.37. The molecule has 0 radical (unpaired) electrons. The molecule has 7 heteroatoms. The Balaban J connectivity index is 3.38. The lowest BCUT2D eigenvalue weighted by Gasteiger charge is -2.10. The first-order chi connectivity index (χ1) is 9.91. The van der Waals surface area contributed by atoms with Crippen molar-refractivity contribution >= 4 is 11.9 Å². The molecule has 0 heterocycles. The minimum Gasteiger partial charge on any atom is -0.464 e. The number of rotatable bonds is 12. The molecule has 0 unspecified atom stereocenters. The van der Waals surface area contributed by atoms with Crippen LogP contribution in [-0.4, -0.2) is 89.3 Å². The molecule has 0 atom stereocenters. The van der Waals surface area contributed by atoms with Gasteiger partial charge in [-0.3, -0.25) is 9.59 Å². The SMILES string of the molecule is CN(C)CCOC(=O)CCNCCC(=O)OCCN(C)C. The summed E-state index contributed by atoms with van der Waals surface area (Å²) in [6, 6.07) is 0. The number of ether oxygens (including phenoxy) is 2. The summed E-state index contributed by atoms with van der Waals surface area (Å²) in [6.45, 7) is 3.27. The fourth-order valence-electron chi connectivity index (χ4n) is 1.33. The third-order valence-electron chi connectivity index (χ3n) is 2.61. The zero-order chi connectivity index (χ0) is 16.1. The molecule has 0 aliphatic carbocycles. The number of likely N-dealkylation sites (N-methyl/N-ethyl adjacent to an activating group) is 2. The van der Waals surface area contributed by atoms with E-state index >= 15 is 0 Å². The van der Waals surface area contributed by atoms with E-state index in [0.717, 1.165) is 13.1 Å². The van der Waals surface area contributed by atoms with Crippen LogP contribution in [0.15, 0.2) is 0 Å². The van der Waals surface area contributed by atoms with E-state index in [9.17, 15) is 9.59 Å². The van der Waals surface area contributed by atoms with Gasteiger partial charge in [-0.15, -0.1) is 0 Å². The lowest BCUT2D eigenvalue weighted by atomic mass is 10.4. The molecule has 1 N–H and O–H groups in total. The maximum Gasteiger partial charge on any atom is 0.307 e. The summed E-state index contributed by atoms with van der Waals surface area (Å²) in [4.78, 5) is 26.6. The van der Waals surface area contributed by atoms with Crippen LogP contribution in [0.25, 0.3) is 0 Å². The minimum atomic E-state index is -0.224. The van der Waals surface area contributed by atoms with Crippen molar-refractivity contribution in [2.75, 3.05) is 67.6 Å². The number of hydrogen-bond donors (Lipinski definition) is 1. The fourth-order valence-corrected chi connectivity index (χ4v) is 1.33. The molecule has 0 spiro atoms. The molecular formula is C14H29N3O4. The Bertz CT molecular complexity index is 268. The first-order valence-corrected chi connectivity index (χ1v) is 7.23. The van der Waals surface area contributed by atoms with Crippen molar-refractivity contribution in [2.24, 2.45) is 0 Å². The Kier molecular flexibility index (Phi) is 11.8. The maximum absolute atomic E-state index is 11.3. The van der Waals surface area contributed by atoms with Crippen molar-refractivity contribution in [2.45, 2.75) is 12.8 Å². The Hall–Kier alpha value is -1.18. The quantitative estimate of drug-likeness (QED) is 0.387. The van der Waals surface area contributed by atoms with Gasteiger partial charge >= 0.3 is 11.9 Å². The highest BCUT2D eigenvalue weighted by Crippen LogP contribution is 1.89. The second-order valence-electron chi connectivity index (χ2n) is 5.30. The van der Waals surface area contributed by atoms with Crippen LogP contribution in [0.2, 0.25) is 0 Å². The van der Waals surface area contributed by atoms with Crippen molar-refractivity contribution < 1.29 is 19.1 Å². The normalized spacial score (nSPS) is 11.0. The monoisotopic (exact) mass is 303 g/mol. The molecule has 0 bridgehead atoms. The van der Waals surface area contributed by atoms with Gasteiger partial charge in [-0.1, -0.05) is 0 Å². The van der Waals surface area contributed by atoms with Crippen molar-refractivity contribution in [3.63, 3.8) is 0 Å². The van der Waals surface area contributed by atoms with E-state index in [1.54, 1.807) is 0 Å². The van der Waals surface area contributed by atoms with E-state index < -0.39 is 0 Å². The van der Waals surface area contributed by atoms with Crippen molar-refractivity contribution in [1.29, 1.82) is 0 Å². The second-order valence-corrected chi connectivity index (χ2v) is 5.30. The summed E-state index contributed by atoms with van der Waals surface area (Å²) in [5.41, 5.74) is 0. The molecule has 0 aliphatic heterocycles. The molecule has 0 aromatic rings. The number of carbonyl (C=O) groups is 2. The number of nitrogens with one attached hydrogen (secondary N) is 1. The van der Waals surface area contributed by atoms with Gasteiger partial charge in [-0.2, -0.15) is 0 Å². The van der Waals surface area contributed by atoms with Gasteiger partial charge in [0.1, 0.15) is 13.2 Å². The highest BCUT2D eigenvalue weighted by molar-refractivity contribution is 5.70. The van der Waals surface area contributed by atoms with Gasteiger partial charge in [-0.05, 0) is 28.2 Å². The van der Waals surface area contributed by atoms with E-state index in [-0.39, 0.29) is 11.9 Å². The Labute approximate surface area is 127 Å². The molecule has 0 aromatic carbocycles. The Morgan fingerprint density at radius 1 is 0.810 bits per heavy atom. The van der Waals surface area contributed by atoms with Crippen LogP contribution in [-0.2, 0) is 19.1 Å². The average molecular weight is 303 g/mol.